The molecule has 0 radical (unpaired) electrons. The molecule has 0 aliphatic heterocycles. The van der Waals surface area contributed by atoms with Gasteiger partial charge in [-0.25, -0.2) is 4.98 Å². The van der Waals surface area contributed by atoms with Crippen molar-refractivity contribution in [3.05, 3.63) is 75.3 Å². The molecule has 0 aliphatic carbocycles. The van der Waals surface area contributed by atoms with Crippen molar-refractivity contribution in [1.82, 2.24) is 15.3 Å². The molecule has 0 saturated carbocycles. The standard InChI is InChI=1S/C18H18ClN3O/c1-11(13-6-5-7-14(19)10-13)20-12(2)17-21-16-9-4-3-8-15(16)18(23)22-17/h3-12,20H,1-2H3,(H,21,22,23)/t11-,12-/m0/s1. The molecule has 3 rings (SSSR count). The van der Waals surface area contributed by atoms with Crippen molar-refractivity contribution in [2.24, 2.45) is 0 Å². The Kier molecular flexibility index (Phi) is 4.46. The molecule has 1 aromatic heterocycles. The molecule has 0 spiro atoms. The van der Waals surface area contributed by atoms with Crippen molar-refractivity contribution in [3.8, 4) is 0 Å². The second kappa shape index (κ2) is 6.52. The van der Waals surface area contributed by atoms with Crippen molar-refractivity contribution in [1.29, 1.82) is 0 Å². The lowest BCUT2D eigenvalue weighted by molar-refractivity contribution is 0.477. The third-order valence-corrected chi connectivity index (χ3v) is 4.13. The van der Waals surface area contributed by atoms with Gasteiger partial charge in [0.15, 0.2) is 0 Å². The van der Waals surface area contributed by atoms with Crippen LogP contribution in [0, 0.1) is 0 Å². The fraction of sp³-hybridized carbons (Fsp3) is 0.222. The first-order valence-corrected chi connectivity index (χ1v) is 7.93. The van der Waals surface area contributed by atoms with Crippen molar-refractivity contribution >= 4 is 22.5 Å². The third kappa shape index (κ3) is 3.44. The first-order chi connectivity index (χ1) is 11.0. The van der Waals surface area contributed by atoms with Gasteiger partial charge in [-0.2, -0.15) is 0 Å². The Balaban J connectivity index is 1.86. The SMILES string of the molecule is C[C@H](N[C@@H](C)c1nc2ccccc2c(=O)[nH]1)c1cccc(Cl)c1. The largest absolute Gasteiger partial charge is 0.309 e. The number of rotatable bonds is 4. The van der Waals surface area contributed by atoms with Gasteiger partial charge >= 0.3 is 0 Å². The lowest BCUT2D eigenvalue weighted by Crippen LogP contribution is -2.26. The number of halogens is 1. The van der Waals surface area contributed by atoms with Crippen LogP contribution in [0.2, 0.25) is 5.02 Å². The molecule has 4 nitrogen and oxygen atoms in total. The summed E-state index contributed by atoms with van der Waals surface area (Å²) in [5, 5.41) is 4.75. The topological polar surface area (TPSA) is 57.8 Å². The van der Waals surface area contributed by atoms with E-state index in [1.807, 2.05) is 49.4 Å². The quantitative estimate of drug-likeness (QED) is 0.761. The molecule has 5 heteroatoms. The van der Waals surface area contributed by atoms with Crippen molar-refractivity contribution in [3.63, 3.8) is 0 Å². The highest BCUT2D eigenvalue weighted by molar-refractivity contribution is 6.30. The first-order valence-electron chi connectivity index (χ1n) is 7.55. The minimum atomic E-state index is -0.116. The molecule has 0 aliphatic rings. The molecular formula is C18H18ClN3O. The van der Waals surface area contributed by atoms with Crippen LogP contribution in [0.4, 0.5) is 0 Å². The summed E-state index contributed by atoms with van der Waals surface area (Å²) >= 11 is 6.04. The number of benzene rings is 2. The highest BCUT2D eigenvalue weighted by Crippen LogP contribution is 2.20. The summed E-state index contributed by atoms with van der Waals surface area (Å²) in [4.78, 5) is 19.6. The summed E-state index contributed by atoms with van der Waals surface area (Å²) in [6.45, 7) is 4.04. The molecule has 0 bridgehead atoms. The molecule has 118 valence electrons. The molecule has 2 aromatic carbocycles. The van der Waals surface area contributed by atoms with Gasteiger partial charge in [0, 0.05) is 11.1 Å². The normalized spacial score (nSPS) is 13.9. The Morgan fingerprint density at radius 2 is 1.87 bits per heavy atom. The molecular weight excluding hydrogens is 310 g/mol. The predicted molar refractivity (Wildman–Crippen MR) is 93.8 cm³/mol. The van der Waals surface area contributed by atoms with Crippen LogP contribution in [0.1, 0.15) is 37.3 Å². The van der Waals surface area contributed by atoms with Gasteiger partial charge in [-0.3, -0.25) is 4.79 Å². The molecule has 0 fully saturated rings. The lowest BCUT2D eigenvalue weighted by atomic mass is 10.1. The van der Waals surface area contributed by atoms with E-state index in [0.29, 0.717) is 21.7 Å². The van der Waals surface area contributed by atoms with Gasteiger partial charge in [-0.15, -0.1) is 0 Å². The first kappa shape index (κ1) is 15.7. The van der Waals surface area contributed by atoms with Gasteiger partial charge in [0.2, 0.25) is 0 Å². The zero-order valence-electron chi connectivity index (χ0n) is 13.0. The van der Waals surface area contributed by atoms with Gasteiger partial charge in [0.25, 0.3) is 5.56 Å². The minimum Gasteiger partial charge on any atom is -0.309 e. The van der Waals surface area contributed by atoms with Crippen molar-refractivity contribution in [2.75, 3.05) is 0 Å². The zero-order valence-corrected chi connectivity index (χ0v) is 13.8. The summed E-state index contributed by atoms with van der Waals surface area (Å²) in [7, 11) is 0. The van der Waals surface area contributed by atoms with E-state index in [1.165, 1.54) is 0 Å². The van der Waals surface area contributed by atoms with E-state index in [9.17, 15) is 4.79 Å². The average Bonchev–Trinajstić information content (AvgIpc) is 2.54. The summed E-state index contributed by atoms with van der Waals surface area (Å²) in [5.74, 6) is 0.627. The molecule has 23 heavy (non-hydrogen) atoms. The number of aromatic amines is 1. The van der Waals surface area contributed by atoms with E-state index in [0.717, 1.165) is 5.56 Å². The van der Waals surface area contributed by atoms with Gasteiger partial charge in [-0.1, -0.05) is 35.9 Å². The molecule has 0 amide bonds. The average molecular weight is 328 g/mol. The number of nitrogens with one attached hydrogen (secondary N) is 2. The molecule has 2 N–H and O–H groups in total. The lowest BCUT2D eigenvalue weighted by Gasteiger charge is -2.20. The Morgan fingerprint density at radius 3 is 2.65 bits per heavy atom. The molecule has 0 unspecified atom stereocenters. The molecule has 1 heterocycles. The Bertz CT molecular complexity index is 891. The monoisotopic (exact) mass is 327 g/mol. The van der Waals surface area contributed by atoms with E-state index < -0.39 is 0 Å². The highest BCUT2D eigenvalue weighted by Gasteiger charge is 2.14. The van der Waals surface area contributed by atoms with Crippen LogP contribution >= 0.6 is 11.6 Å². The van der Waals surface area contributed by atoms with Crippen LogP contribution in [0.3, 0.4) is 0 Å². The number of fused-ring (bicyclic) bond motifs is 1. The van der Waals surface area contributed by atoms with E-state index in [1.54, 1.807) is 6.07 Å². The van der Waals surface area contributed by atoms with Gasteiger partial charge in [0.1, 0.15) is 5.82 Å². The van der Waals surface area contributed by atoms with Crippen LogP contribution in [-0.2, 0) is 0 Å². The molecule has 0 saturated heterocycles. The van der Waals surface area contributed by atoms with Gasteiger partial charge < -0.3 is 10.3 Å². The highest BCUT2D eigenvalue weighted by atomic mass is 35.5. The van der Waals surface area contributed by atoms with Gasteiger partial charge in [-0.05, 0) is 43.7 Å². The van der Waals surface area contributed by atoms with Crippen molar-refractivity contribution in [2.45, 2.75) is 25.9 Å². The van der Waals surface area contributed by atoms with Crippen LogP contribution in [0.15, 0.2) is 53.3 Å². The number of H-pyrrole nitrogens is 1. The Hall–Kier alpha value is -2.17. The molecule has 2 atom stereocenters. The second-order valence-electron chi connectivity index (χ2n) is 5.63. The van der Waals surface area contributed by atoms with E-state index in [-0.39, 0.29) is 17.6 Å². The molecule has 3 aromatic rings. The van der Waals surface area contributed by atoms with Crippen LogP contribution in [-0.4, -0.2) is 9.97 Å². The van der Waals surface area contributed by atoms with Crippen LogP contribution in [0.25, 0.3) is 10.9 Å². The van der Waals surface area contributed by atoms with E-state index in [4.69, 9.17) is 11.6 Å². The summed E-state index contributed by atoms with van der Waals surface area (Å²) < 4.78 is 0. The summed E-state index contributed by atoms with van der Waals surface area (Å²) in [6, 6.07) is 15.1. The third-order valence-electron chi connectivity index (χ3n) is 3.89. The Labute approximate surface area is 139 Å². The number of para-hydroxylation sites is 1. The minimum absolute atomic E-state index is 0.0838. The van der Waals surface area contributed by atoms with Gasteiger partial charge in [0.05, 0.1) is 16.9 Å². The summed E-state index contributed by atoms with van der Waals surface area (Å²) in [6.07, 6.45) is 0. The zero-order chi connectivity index (χ0) is 16.4. The number of aromatic nitrogens is 2. The van der Waals surface area contributed by atoms with E-state index >= 15 is 0 Å². The predicted octanol–water partition coefficient (Wildman–Crippen LogP) is 3.99. The smallest absolute Gasteiger partial charge is 0.258 e. The maximum atomic E-state index is 12.2. The number of hydrogen-bond acceptors (Lipinski definition) is 3. The fourth-order valence-electron chi connectivity index (χ4n) is 2.64. The Morgan fingerprint density at radius 1 is 1.09 bits per heavy atom. The fourth-order valence-corrected chi connectivity index (χ4v) is 2.83. The summed E-state index contributed by atoms with van der Waals surface area (Å²) in [5.41, 5.74) is 1.68. The van der Waals surface area contributed by atoms with Crippen molar-refractivity contribution < 1.29 is 0 Å². The maximum absolute atomic E-state index is 12.2. The second-order valence-corrected chi connectivity index (χ2v) is 6.07. The maximum Gasteiger partial charge on any atom is 0.258 e. The van der Waals surface area contributed by atoms with E-state index in [2.05, 4.69) is 22.2 Å². The number of hydrogen-bond donors (Lipinski definition) is 2. The van der Waals surface area contributed by atoms with Crippen LogP contribution in [0.5, 0.6) is 0 Å². The van der Waals surface area contributed by atoms with Crippen LogP contribution < -0.4 is 10.9 Å². The number of nitrogens with zero attached hydrogens (tertiary/aromatic N) is 1.